The van der Waals surface area contributed by atoms with Crippen LogP contribution in [-0.4, -0.2) is 18.7 Å². The van der Waals surface area contributed by atoms with Crippen LogP contribution in [0.5, 0.6) is 0 Å². The first-order chi connectivity index (χ1) is 8.43. The highest BCUT2D eigenvalue weighted by Crippen LogP contribution is 2.38. The lowest BCUT2D eigenvalue weighted by molar-refractivity contribution is 0.118. The predicted octanol–water partition coefficient (Wildman–Crippen LogP) is 3.23. The highest BCUT2D eigenvalue weighted by Gasteiger charge is 2.32. The fraction of sp³-hybridized carbons (Fsp3) is 0.929. The number of nitrogens with one attached hydrogen (secondary N) is 2. The number of carbonyl (C=O) groups is 1. The number of ether oxygens (including phenoxy) is 1. The monoisotopic (exact) mass is 256 g/mol. The van der Waals surface area contributed by atoms with Crippen LogP contribution in [0.25, 0.3) is 0 Å². The molecule has 0 aromatic carbocycles. The molecule has 0 heterocycles. The molecule has 106 valence electrons. The zero-order valence-corrected chi connectivity index (χ0v) is 12.2. The average Bonchev–Trinajstić information content (AvgIpc) is 2.24. The molecule has 1 aliphatic rings. The van der Waals surface area contributed by atoms with Gasteiger partial charge < -0.3 is 4.74 Å². The molecule has 1 aliphatic carbocycles. The second kappa shape index (κ2) is 6.98. The molecular weight excluding hydrogens is 228 g/mol. The summed E-state index contributed by atoms with van der Waals surface area (Å²) in [6, 6.07) is 0.350. The van der Waals surface area contributed by atoms with Gasteiger partial charge in [0.05, 0.1) is 6.61 Å². The summed E-state index contributed by atoms with van der Waals surface area (Å²) >= 11 is 0. The van der Waals surface area contributed by atoms with Crippen molar-refractivity contribution in [3.8, 4) is 0 Å². The molecule has 0 radical (unpaired) electrons. The molecule has 1 rings (SSSR count). The van der Waals surface area contributed by atoms with Gasteiger partial charge in [-0.15, -0.1) is 0 Å². The van der Waals surface area contributed by atoms with Crippen molar-refractivity contribution in [2.24, 2.45) is 11.3 Å². The molecule has 2 atom stereocenters. The van der Waals surface area contributed by atoms with Gasteiger partial charge in [0.1, 0.15) is 0 Å². The molecule has 2 unspecified atom stereocenters. The van der Waals surface area contributed by atoms with Crippen molar-refractivity contribution in [1.29, 1.82) is 0 Å². The van der Waals surface area contributed by atoms with Crippen LogP contribution in [0.15, 0.2) is 0 Å². The van der Waals surface area contributed by atoms with E-state index < -0.39 is 0 Å². The normalized spacial score (nSPS) is 26.7. The molecule has 0 spiro atoms. The van der Waals surface area contributed by atoms with Gasteiger partial charge in [-0.05, 0) is 37.0 Å². The fourth-order valence-corrected chi connectivity index (χ4v) is 2.96. The first kappa shape index (κ1) is 15.3. The predicted molar refractivity (Wildman–Crippen MR) is 73.1 cm³/mol. The molecule has 18 heavy (non-hydrogen) atoms. The second-order valence-corrected chi connectivity index (χ2v) is 6.37. The Morgan fingerprint density at radius 1 is 1.39 bits per heavy atom. The minimum Gasteiger partial charge on any atom is -0.449 e. The maximum Gasteiger partial charge on any atom is 0.421 e. The Kier molecular flexibility index (Phi) is 5.93. The van der Waals surface area contributed by atoms with E-state index in [0.717, 1.165) is 25.7 Å². The van der Waals surface area contributed by atoms with Gasteiger partial charge in [0, 0.05) is 6.04 Å². The van der Waals surface area contributed by atoms with E-state index in [-0.39, 0.29) is 6.09 Å². The van der Waals surface area contributed by atoms with E-state index in [0.29, 0.717) is 24.0 Å². The molecule has 4 nitrogen and oxygen atoms in total. The van der Waals surface area contributed by atoms with E-state index in [9.17, 15) is 4.79 Å². The van der Waals surface area contributed by atoms with Gasteiger partial charge >= 0.3 is 6.09 Å². The first-order valence-electron chi connectivity index (χ1n) is 7.11. The minimum atomic E-state index is -0.362. The standard InChI is InChI=1S/C14H28N2O2/c1-5-6-7-18-13(17)16-15-12-8-11(2)9-14(3,4)10-12/h11-12,15H,5-10H2,1-4H3,(H,16,17). The van der Waals surface area contributed by atoms with Crippen molar-refractivity contribution in [1.82, 2.24) is 10.9 Å². The van der Waals surface area contributed by atoms with Crippen LogP contribution in [0.3, 0.4) is 0 Å². The van der Waals surface area contributed by atoms with Crippen molar-refractivity contribution in [2.75, 3.05) is 6.61 Å². The Balaban J connectivity index is 2.24. The maximum absolute atomic E-state index is 11.4. The number of hydrogen-bond acceptors (Lipinski definition) is 3. The SMILES string of the molecule is CCCCOC(=O)NNC1CC(C)CC(C)(C)C1. The zero-order valence-electron chi connectivity index (χ0n) is 12.2. The Labute approximate surface area is 111 Å². The second-order valence-electron chi connectivity index (χ2n) is 6.37. The van der Waals surface area contributed by atoms with E-state index >= 15 is 0 Å². The Morgan fingerprint density at radius 2 is 2.11 bits per heavy atom. The van der Waals surface area contributed by atoms with Gasteiger partial charge in [-0.2, -0.15) is 0 Å². The lowest BCUT2D eigenvalue weighted by Crippen LogP contribution is -2.49. The van der Waals surface area contributed by atoms with Gasteiger partial charge in [-0.25, -0.2) is 10.2 Å². The van der Waals surface area contributed by atoms with E-state index in [2.05, 4.69) is 38.5 Å². The Hall–Kier alpha value is -0.770. The lowest BCUT2D eigenvalue weighted by Gasteiger charge is -2.39. The number of rotatable bonds is 5. The molecule has 2 N–H and O–H groups in total. The number of hydrazine groups is 1. The first-order valence-corrected chi connectivity index (χ1v) is 7.11. The van der Waals surface area contributed by atoms with Crippen molar-refractivity contribution < 1.29 is 9.53 Å². The summed E-state index contributed by atoms with van der Waals surface area (Å²) in [7, 11) is 0. The van der Waals surface area contributed by atoms with E-state index in [4.69, 9.17) is 4.74 Å². The summed E-state index contributed by atoms with van der Waals surface area (Å²) in [5.74, 6) is 0.698. The largest absolute Gasteiger partial charge is 0.449 e. The number of unbranched alkanes of at least 4 members (excludes halogenated alkanes) is 1. The summed E-state index contributed by atoms with van der Waals surface area (Å²) in [6.07, 6.45) is 5.05. The topological polar surface area (TPSA) is 50.4 Å². The van der Waals surface area contributed by atoms with E-state index in [1.807, 2.05) is 0 Å². The van der Waals surface area contributed by atoms with Crippen molar-refractivity contribution in [3.05, 3.63) is 0 Å². The van der Waals surface area contributed by atoms with E-state index in [1.54, 1.807) is 0 Å². The van der Waals surface area contributed by atoms with Crippen LogP contribution in [-0.2, 0) is 4.74 Å². The van der Waals surface area contributed by atoms with Crippen LogP contribution >= 0.6 is 0 Å². The summed E-state index contributed by atoms with van der Waals surface area (Å²) < 4.78 is 5.04. The van der Waals surface area contributed by atoms with Crippen LogP contribution in [0.2, 0.25) is 0 Å². The van der Waals surface area contributed by atoms with Crippen LogP contribution < -0.4 is 10.9 Å². The summed E-state index contributed by atoms with van der Waals surface area (Å²) in [4.78, 5) is 11.4. The zero-order chi connectivity index (χ0) is 13.6. The smallest absolute Gasteiger partial charge is 0.421 e. The maximum atomic E-state index is 11.4. The highest BCUT2D eigenvalue weighted by atomic mass is 16.6. The third-order valence-electron chi connectivity index (χ3n) is 3.50. The van der Waals surface area contributed by atoms with Gasteiger partial charge in [0.25, 0.3) is 0 Å². The minimum absolute atomic E-state index is 0.350. The molecule has 0 aromatic rings. The van der Waals surface area contributed by atoms with Crippen molar-refractivity contribution >= 4 is 6.09 Å². The van der Waals surface area contributed by atoms with E-state index in [1.165, 1.54) is 6.42 Å². The number of hydrogen-bond donors (Lipinski definition) is 2. The molecule has 1 fully saturated rings. The van der Waals surface area contributed by atoms with Gasteiger partial charge in [-0.1, -0.05) is 34.1 Å². The van der Waals surface area contributed by atoms with Gasteiger partial charge in [0.2, 0.25) is 0 Å². The molecule has 4 heteroatoms. The van der Waals surface area contributed by atoms with Crippen LogP contribution in [0, 0.1) is 11.3 Å². The third-order valence-corrected chi connectivity index (χ3v) is 3.50. The van der Waals surface area contributed by atoms with Crippen molar-refractivity contribution in [3.63, 3.8) is 0 Å². The third kappa shape index (κ3) is 5.71. The summed E-state index contributed by atoms with van der Waals surface area (Å²) in [5, 5.41) is 0. The van der Waals surface area contributed by atoms with Gasteiger partial charge in [0.15, 0.2) is 0 Å². The Bertz CT molecular complexity index is 267. The average molecular weight is 256 g/mol. The van der Waals surface area contributed by atoms with Crippen LogP contribution in [0.1, 0.15) is 59.8 Å². The fourth-order valence-electron chi connectivity index (χ4n) is 2.96. The Morgan fingerprint density at radius 3 is 2.72 bits per heavy atom. The molecule has 0 aliphatic heterocycles. The molecular formula is C14H28N2O2. The number of amides is 1. The van der Waals surface area contributed by atoms with Gasteiger partial charge in [-0.3, -0.25) is 5.43 Å². The summed E-state index contributed by atoms with van der Waals surface area (Å²) in [6.45, 7) is 9.42. The molecule has 0 aromatic heterocycles. The number of carbonyl (C=O) groups excluding carboxylic acids is 1. The quantitative estimate of drug-likeness (QED) is 0.586. The summed E-state index contributed by atoms with van der Waals surface area (Å²) in [5.41, 5.74) is 6.12. The highest BCUT2D eigenvalue weighted by molar-refractivity contribution is 5.66. The molecule has 0 saturated heterocycles. The molecule has 1 amide bonds. The van der Waals surface area contributed by atoms with Crippen LogP contribution in [0.4, 0.5) is 4.79 Å². The molecule has 1 saturated carbocycles. The lowest BCUT2D eigenvalue weighted by atomic mass is 9.71. The molecule has 0 bridgehead atoms. The van der Waals surface area contributed by atoms with Crippen molar-refractivity contribution in [2.45, 2.75) is 65.8 Å².